The van der Waals surface area contributed by atoms with E-state index in [4.69, 9.17) is 21.4 Å². The van der Waals surface area contributed by atoms with Gasteiger partial charge in [-0.25, -0.2) is 4.79 Å². The summed E-state index contributed by atoms with van der Waals surface area (Å²) in [5.41, 5.74) is 1.93. The number of aromatic nitrogens is 2. The van der Waals surface area contributed by atoms with Gasteiger partial charge < -0.3 is 14.7 Å². The Kier molecular flexibility index (Phi) is 5.45. The van der Waals surface area contributed by atoms with Crippen LogP contribution in [-0.2, 0) is 0 Å². The number of carbonyl (C=O) groups excluding carboxylic acids is 1. The fourth-order valence-electron chi connectivity index (χ4n) is 3.37. The number of benzene rings is 2. The molecule has 1 fully saturated rings. The molecular formula is C21H18ClN5O2. The first kappa shape index (κ1) is 19.0. The summed E-state index contributed by atoms with van der Waals surface area (Å²) in [6.45, 7) is 0.599. The van der Waals surface area contributed by atoms with Crippen molar-refractivity contribution in [2.24, 2.45) is 0 Å². The summed E-state index contributed by atoms with van der Waals surface area (Å²) in [5, 5.41) is 16.4. The lowest BCUT2D eigenvalue weighted by atomic mass is 10.0. The molecular weight excluding hydrogens is 390 g/mol. The van der Waals surface area contributed by atoms with E-state index in [1.165, 1.54) is 0 Å². The molecule has 2 aromatic carbocycles. The van der Waals surface area contributed by atoms with Crippen LogP contribution in [0.25, 0.3) is 11.4 Å². The van der Waals surface area contributed by atoms with E-state index in [9.17, 15) is 4.79 Å². The van der Waals surface area contributed by atoms with Gasteiger partial charge in [0.1, 0.15) is 6.04 Å². The van der Waals surface area contributed by atoms with Crippen LogP contribution in [0.1, 0.15) is 36.8 Å². The molecule has 1 aliphatic heterocycles. The summed E-state index contributed by atoms with van der Waals surface area (Å²) in [6.07, 6.45) is 2.63. The summed E-state index contributed by atoms with van der Waals surface area (Å²) in [7, 11) is 0. The average Bonchev–Trinajstić information content (AvgIpc) is 3.24. The molecule has 29 heavy (non-hydrogen) atoms. The van der Waals surface area contributed by atoms with Crippen molar-refractivity contribution in [3.63, 3.8) is 0 Å². The fraction of sp³-hybridized carbons (Fsp3) is 0.238. The monoisotopic (exact) mass is 407 g/mol. The highest BCUT2D eigenvalue weighted by Crippen LogP contribution is 2.32. The number of nitriles is 1. The summed E-state index contributed by atoms with van der Waals surface area (Å²) in [4.78, 5) is 19.1. The number of urea groups is 1. The Hall–Kier alpha value is -3.37. The minimum atomic E-state index is -0.289. The largest absolute Gasteiger partial charge is 0.337 e. The molecule has 3 aromatic rings. The lowest BCUT2D eigenvalue weighted by Gasteiger charge is -2.33. The van der Waals surface area contributed by atoms with Crippen molar-refractivity contribution in [2.45, 2.75) is 25.3 Å². The van der Waals surface area contributed by atoms with Crippen LogP contribution in [0.15, 0.2) is 53.1 Å². The van der Waals surface area contributed by atoms with Crippen molar-refractivity contribution in [2.75, 3.05) is 11.9 Å². The van der Waals surface area contributed by atoms with Crippen LogP contribution in [0.3, 0.4) is 0 Å². The number of nitrogens with one attached hydrogen (secondary N) is 1. The minimum absolute atomic E-state index is 0.234. The molecule has 7 nitrogen and oxygen atoms in total. The standard InChI is InChI=1S/C21H18ClN5O2/c22-16-5-3-4-15(12-16)19-25-20(29-26-19)18-6-1-2-11-27(18)21(28)24-17-9-7-14(13-23)8-10-17/h3-5,7-10,12,18H,1-2,6,11H2,(H,24,28). The molecule has 2 heterocycles. The van der Waals surface area contributed by atoms with Crippen LogP contribution < -0.4 is 5.32 Å². The third-order valence-electron chi connectivity index (χ3n) is 4.84. The SMILES string of the molecule is N#Cc1ccc(NC(=O)N2CCCCC2c2nc(-c3cccc(Cl)c3)no2)cc1. The minimum Gasteiger partial charge on any atom is -0.337 e. The molecule has 0 saturated carbocycles. The highest BCUT2D eigenvalue weighted by molar-refractivity contribution is 6.30. The molecule has 1 aromatic heterocycles. The van der Waals surface area contributed by atoms with Crippen LogP contribution in [-0.4, -0.2) is 27.6 Å². The summed E-state index contributed by atoms with van der Waals surface area (Å²) in [6, 6.07) is 15.5. The van der Waals surface area contributed by atoms with Gasteiger partial charge in [-0.1, -0.05) is 28.9 Å². The Labute approximate surface area is 172 Å². The molecule has 8 heteroatoms. The molecule has 0 spiro atoms. The highest BCUT2D eigenvalue weighted by Gasteiger charge is 2.32. The predicted octanol–water partition coefficient (Wildman–Crippen LogP) is 5.02. The van der Waals surface area contributed by atoms with Crippen LogP contribution in [0.5, 0.6) is 0 Å². The molecule has 1 atom stereocenters. The first-order valence-electron chi connectivity index (χ1n) is 9.31. The lowest BCUT2D eigenvalue weighted by Crippen LogP contribution is -2.41. The van der Waals surface area contributed by atoms with Crippen molar-refractivity contribution in [1.29, 1.82) is 5.26 Å². The van der Waals surface area contributed by atoms with Gasteiger partial charge in [0.2, 0.25) is 11.7 Å². The van der Waals surface area contributed by atoms with Crippen molar-refractivity contribution >= 4 is 23.3 Å². The van der Waals surface area contributed by atoms with Gasteiger partial charge in [-0.3, -0.25) is 0 Å². The van der Waals surface area contributed by atoms with E-state index < -0.39 is 0 Å². The summed E-state index contributed by atoms with van der Waals surface area (Å²) >= 11 is 6.05. The second kappa shape index (κ2) is 8.33. The first-order chi connectivity index (χ1) is 14.1. The average molecular weight is 408 g/mol. The Balaban J connectivity index is 1.53. The molecule has 0 bridgehead atoms. The Morgan fingerprint density at radius 1 is 1.24 bits per heavy atom. The third kappa shape index (κ3) is 4.23. The highest BCUT2D eigenvalue weighted by atomic mass is 35.5. The number of likely N-dealkylation sites (tertiary alicyclic amines) is 1. The third-order valence-corrected chi connectivity index (χ3v) is 5.07. The van der Waals surface area contributed by atoms with E-state index in [0.29, 0.717) is 34.5 Å². The normalized spacial score (nSPS) is 16.3. The van der Waals surface area contributed by atoms with E-state index in [0.717, 1.165) is 24.8 Å². The quantitative estimate of drug-likeness (QED) is 0.657. The van der Waals surface area contributed by atoms with Gasteiger partial charge >= 0.3 is 6.03 Å². The van der Waals surface area contributed by atoms with Crippen molar-refractivity contribution in [3.05, 3.63) is 65.0 Å². The molecule has 4 rings (SSSR count). The maximum atomic E-state index is 12.9. The predicted molar refractivity (Wildman–Crippen MR) is 108 cm³/mol. The zero-order valence-electron chi connectivity index (χ0n) is 15.5. The number of piperidine rings is 1. The lowest BCUT2D eigenvalue weighted by molar-refractivity contribution is 0.142. The van der Waals surface area contributed by atoms with Crippen LogP contribution in [0.2, 0.25) is 5.02 Å². The maximum absolute atomic E-state index is 12.9. The van der Waals surface area contributed by atoms with Crippen LogP contribution in [0, 0.1) is 11.3 Å². The van der Waals surface area contributed by atoms with Crippen LogP contribution >= 0.6 is 11.6 Å². The number of nitrogens with zero attached hydrogens (tertiary/aromatic N) is 4. The molecule has 1 saturated heterocycles. The zero-order chi connectivity index (χ0) is 20.2. The number of hydrogen-bond donors (Lipinski definition) is 1. The summed E-state index contributed by atoms with van der Waals surface area (Å²) < 4.78 is 5.50. The number of anilines is 1. The van der Waals surface area contributed by atoms with E-state index in [2.05, 4.69) is 21.5 Å². The van der Waals surface area contributed by atoms with E-state index in [1.807, 2.05) is 12.1 Å². The number of rotatable bonds is 3. The van der Waals surface area contributed by atoms with Gasteiger partial charge in [-0.15, -0.1) is 0 Å². The van der Waals surface area contributed by atoms with Crippen molar-refractivity contribution < 1.29 is 9.32 Å². The smallest absolute Gasteiger partial charge is 0.322 e. The van der Waals surface area contributed by atoms with Gasteiger partial charge in [0.25, 0.3) is 0 Å². The molecule has 0 aliphatic carbocycles. The second-order valence-electron chi connectivity index (χ2n) is 6.79. The van der Waals surface area contributed by atoms with E-state index in [-0.39, 0.29) is 12.1 Å². The van der Waals surface area contributed by atoms with E-state index in [1.54, 1.807) is 41.3 Å². The molecule has 1 aliphatic rings. The fourth-order valence-corrected chi connectivity index (χ4v) is 3.56. The number of carbonyl (C=O) groups is 1. The molecule has 1 N–H and O–H groups in total. The van der Waals surface area contributed by atoms with Gasteiger partial charge in [0, 0.05) is 22.8 Å². The number of halogens is 1. The Bertz CT molecular complexity index is 1060. The Morgan fingerprint density at radius 2 is 2.07 bits per heavy atom. The molecule has 0 radical (unpaired) electrons. The number of hydrogen-bond acceptors (Lipinski definition) is 5. The summed E-state index contributed by atoms with van der Waals surface area (Å²) in [5.74, 6) is 0.857. The Morgan fingerprint density at radius 3 is 2.83 bits per heavy atom. The van der Waals surface area contributed by atoms with Crippen molar-refractivity contribution in [3.8, 4) is 17.5 Å². The van der Waals surface area contributed by atoms with Gasteiger partial charge in [-0.05, 0) is 55.7 Å². The number of amides is 2. The second-order valence-corrected chi connectivity index (χ2v) is 7.23. The first-order valence-corrected chi connectivity index (χ1v) is 9.69. The molecule has 1 unspecified atom stereocenters. The van der Waals surface area contributed by atoms with E-state index >= 15 is 0 Å². The maximum Gasteiger partial charge on any atom is 0.322 e. The van der Waals surface area contributed by atoms with Gasteiger partial charge in [0.15, 0.2) is 0 Å². The van der Waals surface area contributed by atoms with Gasteiger partial charge in [0.05, 0.1) is 11.6 Å². The molecule has 2 amide bonds. The zero-order valence-corrected chi connectivity index (χ0v) is 16.3. The van der Waals surface area contributed by atoms with Crippen LogP contribution in [0.4, 0.5) is 10.5 Å². The molecule has 146 valence electrons. The topological polar surface area (TPSA) is 95.1 Å². The van der Waals surface area contributed by atoms with Crippen molar-refractivity contribution in [1.82, 2.24) is 15.0 Å². The van der Waals surface area contributed by atoms with Gasteiger partial charge in [-0.2, -0.15) is 10.2 Å².